The van der Waals surface area contributed by atoms with E-state index >= 15 is 0 Å². The molecule has 0 saturated carbocycles. The highest BCUT2D eigenvalue weighted by Gasteiger charge is 2.12. The Morgan fingerprint density at radius 3 is 2.67 bits per heavy atom. The van der Waals surface area contributed by atoms with Gasteiger partial charge in [-0.05, 0) is 36.6 Å². The standard InChI is InChI=1S/C15H14BrNO/c1-10-7-11(2)15(17-9-10)14(18)8-12-5-3-4-6-13(12)16/h3-7,9H,8H2,1-2H3. The van der Waals surface area contributed by atoms with Crippen LogP contribution >= 0.6 is 15.9 Å². The number of benzene rings is 1. The summed E-state index contributed by atoms with van der Waals surface area (Å²) in [4.78, 5) is 16.5. The van der Waals surface area contributed by atoms with Crippen molar-refractivity contribution in [2.24, 2.45) is 0 Å². The fourth-order valence-corrected chi connectivity index (χ4v) is 2.33. The van der Waals surface area contributed by atoms with E-state index < -0.39 is 0 Å². The van der Waals surface area contributed by atoms with Crippen LogP contribution in [-0.2, 0) is 6.42 Å². The molecule has 0 spiro atoms. The molecule has 0 fully saturated rings. The minimum absolute atomic E-state index is 0.0550. The second-order valence-corrected chi connectivity index (χ2v) is 5.22. The van der Waals surface area contributed by atoms with Gasteiger partial charge in [0, 0.05) is 17.1 Å². The maximum Gasteiger partial charge on any atom is 0.185 e. The SMILES string of the molecule is Cc1cnc(C(=O)Cc2ccccc2Br)c(C)c1. The molecule has 1 aromatic heterocycles. The van der Waals surface area contributed by atoms with Gasteiger partial charge in [-0.3, -0.25) is 9.78 Å². The van der Waals surface area contributed by atoms with Crippen LogP contribution in [0.3, 0.4) is 0 Å². The molecule has 0 aliphatic carbocycles. The number of rotatable bonds is 3. The third kappa shape index (κ3) is 2.85. The molecule has 0 atom stereocenters. The molecule has 3 heteroatoms. The number of aryl methyl sites for hydroxylation is 2. The van der Waals surface area contributed by atoms with Gasteiger partial charge in [-0.1, -0.05) is 40.2 Å². The first kappa shape index (κ1) is 13.0. The number of carbonyl (C=O) groups is 1. The van der Waals surface area contributed by atoms with Gasteiger partial charge in [-0.15, -0.1) is 0 Å². The van der Waals surface area contributed by atoms with Crippen LogP contribution in [-0.4, -0.2) is 10.8 Å². The topological polar surface area (TPSA) is 30.0 Å². The summed E-state index contributed by atoms with van der Waals surface area (Å²) >= 11 is 3.45. The molecule has 0 saturated heterocycles. The van der Waals surface area contributed by atoms with E-state index in [1.54, 1.807) is 6.20 Å². The van der Waals surface area contributed by atoms with Crippen LogP contribution in [0.15, 0.2) is 41.0 Å². The third-order valence-electron chi connectivity index (χ3n) is 2.79. The van der Waals surface area contributed by atoms with E-state index in [0.29, 0.717) is 12.1 Å². The highest BCUT2D eigenvalue weighted by molar-refractivity contribution is 9.10. The normalized spacial score (nSPS) is 10.4. The van der Waals surface area contributed by atoms with E-state index in [0.717, 1.165) is 21.2 Å². The number of hydrogen-bond donors (Lipinski definition) is 0. The summed E-state index contributed by atoms with van der Waals surface area (Å²) in [7, 11) is 0. The first-order chi connectivity index (χ1) is 8.58. The Morgan fingerprint density at radius 1 is 1.28 bits per heavy atom. The zero-order valence-corrected chi connectivity index (χ0v) is 12.0. The number of carbonyl (C=O) groups excluding carboxylic acids is 1. The van der Waals surface area contributed by atoms with Crippen molar-refractivity contribution in [3.63, 3.8) is 0 Å². The molecular weight excluding hydrogens is 290 g/mol. The van der Waals surface area contributed by atoms with Gasteiger partial charge in [-0.25, -0.2) is 0 Å². The van der Waals surface area contributed by atoms with Crippen molar-refractivity contribution in [1.29, 1.82) is 0 Å². The van der Waals surface area contributed by atoms with Crippen molar-refractivity contribution in [3.8, 4) is 0 Å². The Bertz CT molecular complexity index is 593. The molecule has 2 nitrogen and oxygen atoms in total. The molecule has 2 aromatic rings. The lowest BCUT2D eigenvalue weighted by Gasteiger charge is -2.06. The number of pyridine rings is 1. The predicted octanol–water partition coefficient (Wildman–Crippen LogP) is 3.89. The van der Waals surface area contributed by atoms with E-state index in [9.17, 15) is 4.79 Å². The first-order valence-electron chi connectivity index (χ1n) is 5.78. The number of nitrogens with zero attached hydrogens (tertiary/aromatic N) is 1. The first-order valence-corrected chi connectivity index (χ1v) is 6.57. The maximum absolute atomic E-state index is 12.2. The van der Waals surface area contributed by atoms with Gasteiger partial charge in [0.15, 0.2) is 5.78 Å². The van der Waals surface area contributed by atoms with Crippen LogP contribution in [0.4, 0.5) is 0 Å². The Kier molecular flexibility index (Phi) is 3.92. The number of Topliss-reactive ketones (excluding diaryl/α,β-unsaturated/α-hetero) is 1. The van der Waals surface area contributed by atoms with E-state index in [2.05, 4.69) is 20.9 Å². The molecule has 1 aromatic carbocycles. The quantitative estimate of drug-likeness (QED) is 0.805. The smallest absolute Gasteiger partial charge is 0.185 e. The lowest BCUT2D eigenvalue weighted by molar-refractivity contribution is 0.0987. The summed E-state index contributed by atoms with van der Waals surface area (Å²) in [6, 6.07) is 9.75. The molecule has 0 amide bonds. The molecule has 0 radical (unpaired) electrons. The van der Waals surface area contributed by atoms with Crippen molar-refractivity contribution in [1.82, 2.24) is 4.98 Å². The van der Waals surface area contributed by atoms with Gasteiger partial charge >= 0.3 is 0 Å². The van der Waals surface area contributed by atoms with Crippen LogP contribution in [0.2, 0.25) is 0 Å². The van der Waals surface area contributed by atoms with Crippen molar-refractivity contribution >= 4 is 21.7 Å². The lowest BCUT2D eigenvalue weighted by atomic mass is 10.0. The monoisotopic (exact) mass is 303 g/mol. The maximum atomic E-state index is 12.2. The molecule has 0 bridgehead atoms. The summed E-state index contributed by atoms with van der Waals surface area (Å²) in [6.07, 6.45) is 2.11. The largest absolute Gasteiger partial charge is 0.292 e. The van der Waals surface area contributed by atoms with Gasteiger partial charge in [0.1, 0.15) is 5.69 Å². The minimum atomic E-state index is 0.0550. The summed E-state index contributed by atoms with van der Waals surface area (Å²) in [5, 5.41) is 0. The molecule has 2 rings (SSSR count). The average molecular weight is 304 g/mol. The number of ketones is 1. The van der Waals surface area contributed by atoms with Crippen molar-refractivity contribution in [3.05, 3.63) is 63.4 Å². The molecule has 18 heavy (non-hydrogen) atoms. The Labute approximate surface area is 115 Å². The fourth-order valence-electron chi connectivity index (χ4n) is 1.91. The fraction of sp³-hybridized carbons (Fsp3) is 0.200. The van der Waals surface area contributed by atoms with Crippen LogP contribution in [0.25, 0.3) is 0 Å². The van der Waals surface area contributed by atoms with Gasteiger partial charge in [0.05, 0.1) is 0 Å². The average Bonchev–Trinajstić information content (AvgIpc) is 2.32. The Hall–Kier alpha value is -1.48. The number of aromatic nitrogens is 1. The number of hydrogen-bond acceptors (Lipinski definition) is 2. The second kappa shape index (κ2) is 5.44. The predicted molar refractivity (Wildman–Crippen MR) is 75.9 cm³/mol. The van der Waals surface area contributed by atoms with Crippen LogP contribution in [0.1, 0.15) is 27.2 Å². The molecule has 0 N–H and O–H groups in total. The summed E-state index contributed by atoms with van der Waals surface area (Å²) in [5.41, 5.74) is 3.57. The molecule has 0 aliphatic heterocycles. The van der Waals surface area contributed by atoms with Gasteiger partial charge in [0.2, 0.25) is 0 Å². The third-order valence-corrected chi connectivity index (χ3v) is 3.56. The summed E-state index contributed by atoms with van der Waals surface area (Å²) < 4.78 is 0.961. The van der Waals surface area contributed by atoms with Crippen molar-refractivity contribution < 1.29 is 4.79 Å². The highest BCUT2D eigenvalue weighted by Crippen LogP contribution is 2.18. The summed E-state index contributed by atoms with van der Waals surface area (Å²) in [5.74, 6) is 0.0550. The minimum Gasteiger partial charge on any atom is -0.292 e. The van der Waals surface area contributed by atoms with Crippen molar-refractivity contribution in [2.75, 3.05) is 0 Å². The summed E-state index contributed by atoms with van der Waals surface area (Å²) in [6.45, 7) is 3.90. The zero-order valence-electron chi connectivity index (χ0n) is 10.4. The lowest BCUT2D eigenvalue weighted by Crippen LogP contribution is -2.08. The van der Waals surface area contributed by atoms with E-state index in [1.165, 1.54) is 0 Å². The van der Waals surface area contributed by atoms with Crippen LogP contribution in [0, 0.1) is 13.8 Å². The molecule has 0 aliphatic rings. The van der Waals surface area contributed by atoms with Gasteiger partial charge < -0.3 is 0 Å². The number of halogens is 1. The van der Waals surface area contributed by atoms with Crippen LogP contribution < -0.4 is 0 Å². The van der Waals surface area contributed by atoms with E-state index in [1.807, 2.05) is 44.2 Å². The highest BCUT2D eigenvalue weighted by atomic mass is 79.9. The Balaban J connectivity index is 2.25. The van der Waals surface area contributed by atoms with Gasteiger partial charge in [-0.2, -0.15) is 0 Å². The molecule has 1 heterocycles. The van der Waals surface area contributed by atoms with Gasteiger partial charge in [0.25, 0.3) is 0 Å². The van der Waals surface area contributed by atoms with Crippen LogP contribution in [0.5, 0.6) is 0 Å². The van der Waals surface area contributed by atoms with E-state index in [-0.39, 0.29) is 5.78 Å². The van der Waals surface area contributed by atoms with Crippen molar-refractivity contribution in [2.45, 2.75) is 20.3 Å². The van der Waals surface area contributed by atoms with E-state index in [4.69, 9.17) is 0 Å². The zero-order chi connectivity index (χ0) is 13.1. The molecular formula is C15H14BrNO. The molecule has 92 valence electrons. The second-order valence-electron chi connectivity index (χ2n) is 4.37. The molecule has 0 unspecified atom stereocenters. The Morgan fingerprint density at radius 2 is 2.00 bits per heavy atom.